The molecule has 38 heavy (non-hydrogen) atoms. The van der Waals surface area contributed by atoms with Crippen LogP contribution in [0.3, 0.4) is 0 Å². The van der Waals surface area contributed by atoms with E-state index in [1.807, 2.05) is 0 Å². The van der Waals surface area contributed by atoms with Crippen molar-refractivity contribution in [2.45, 2.75) is 25.7 Å². The number of carbonyl (C=O) groups excluding carboxylic acids is 6. The van der Waals surface area contributed by atoms with Crippen LogP contribution in [0.2, 0.25) is 0 Å². The SMILES string of the molecule is COC(=O)C1=C(C(=O)OC)CC(CCc2cc(C(=O)OC)c(C(=O)OC)c(C(=O)OC)c2C(=O)OC)=CC1. The van der Waals surface area contributed by atoms with Crippen molar-refractivity contribution in [3.8, 4) is 0 Å². The smallest absolute Gasteiger partial charge is 0.339 e. The Morgan fingerprint density at radius 2 is 1.05 bits per heavy atom. The number of ether oxygens (including phenoxy) is 6. The van der Waals surface area contributed by atoms with Gasteiger partial charge in [-0.2, -0.15) is 0 Å². The Balaban J connectivity index is 2.65. The Hall–Kier alpha value is -4.48. The predicted octanol–water partition coefficient (Wildman–Crippen LogP) is 2.13. The van der Waals surface area contributed by atoms with Gasteiger partial charge in [0.25, 0.3) is 0 Å². The highest BCUT2D eigenvalue weighted by Crippen LogP contribution is 2.32. The molecule has 1 aliphatic rings. The zero-order chi connectivity index (χ0) is 28.6. The summed E-state index contributed by atoms with van der Waals surface area (Å²) in [5.41, 5.74) is -0.432. The van der Waals surface area contributed by atoms with Crippen LogP contribution < -0.4 is 0 Å². The van der Waals surface area contributed by atoms with Gasteiger partial charge in [-0.1, -0.05) is 11.6 Å². The summed E-state index contributed by atoms with van der Waals surface area (Å²) in [6.45, 7) is 0. The Morgan fingerprint density at radius 3 is 1.58 bits per heavy atom. The molecule has 0 saturated carbocycles. The van der Waals surface area contributed by atoms with Crippen LogP contribution in [0.15, 0.2) is 28.9 Å². The number of methoxy groups -OCH3 is 6. The Bertz CT molecular complexity index is 1240. The molecule has 1 aromatic rings. The second kappa shape index (κ2) is 13.2. The van der Waals surface area contributed by atoms with Crippen molar-refractivity contribution in [3.05, 3.63) is 56.7 Å². The lowest BCUT2D eigenvalue weighted by Gasteiger charge is -2.20. The van der Waals surface area contributed by atoms with Crippen molar-refractivity contribution in [3.63, 3.8) is 0 Å². The number of hydrogen-bond acceptors (Lipinski definition) is 12. The summed E-state index contributed by atoms with van der Waals surface area (Å²) in [5, 5.41) is 0. The molecule has 0 N–H and O–H groups in total. The minimum Gasteiger partial charge on any atom is -0.466 e. The maximum absolute atomic E-state index is 12.8. The molecule has 0 aromatic heterocycles. The number of esters is 6. The molecule has 0 radical (unpaired) electrons. The van der Waals surface area contributed by atoms with E-state index < -0.39 is 46.9 Å². The van der Waals surface area contributed by atoms with Crippen molar-refractivity contribution in [1.82, 2.24) is 0 Å². The fourth-order valence-electron chi connectivity index (χ4n) is 4.07. The van der Waals surface area contributed by atoms with E-state index in [0.29, 0.717) is 5.57 Å². The van der Waals surface area contributed by atoms with Crippen molar-refractivity contribution >= 4 is 35.8 Å². The zero-order valence-corrected chi connectivity index (χ0v) is 21.9. The van der Waals surface area contributed by atoms with Gasteiger partial charge in [0.2, 0.25) is 0 Å². The van der Waals surface area contributed by atoms with E-state index in [0.717, 1.165) is 28.4 Å². The van der Waals surface area contributed by atoms with Crippen LogP contribution in [-0.4, -0.2) is 78.5 Å². The van der Waals surface area contributed by atoms with Crippen molar-refractivity contribution < 1.29 is 57.2 Å². The minimum absolute atomic E-state index is 0.0632. The summed E-state index contributed by atoms with van der Waals surface area (Å²) < 4.78 is 28.8. The maximum Gasteiger partial charge on any atom is 0.339 e. The predicted molar refractivity (Wildman–Crippen MR) is 128 cm³/mol. The molecule has 0 bridgehead atoms. The van der Waals surface area contributed by atoms with Gasteiger partial charge in [-0.15, -0.1) is 0 Å². The summed E-state index contributed by atoms with van der Waals surface area (Å²) >= 11 is 0. The molecule has 1 aromatic carbocycles. The number of hydrogen-bond donors (Lipinski definition) is 0. The molecule has 12 nitrogen and oxygen atoms in total. The first-order chi connectivity index (χ1) is 18.1. The van der Waals surface area contributed by atoms with Crippen LogP contribution in [-0.2, 0) is 44.4 Å². The molecule has 0 heterocycles. The number of rotatable bonds is 9. The normalized spacial score (nSPS) is 12.6. The second-order valence-electron chi connectivity index (χ2n) is 7.86. The van der Waals surface area contributed by atoms with Gasteiger partial charge in [0.1, 0.15) is 0 Å². The molecule has 1 aliphatic carbocycles. The summed E-state index contributed by atoms with van der Waals surface area (Å²) in [4.78, 5) is 75.3. The van der Waals surface area contributed by atoms with Crippen LogP contribution in [0.25, 0.3) is 0 Å². The lowest BCUT2D eigenvalue weighted by atomic mass is 9.85. The largest absolute Gasteiger partial charge is 0.466 e. The molecule has 0 amide bonds. The molecule has 0 atom stereocenters. The lowest BCUT2D eigenvalue weighted by Crippen LogP contribution is -2.24. The van der Waals surface area contributed by atoms with Crippen LogP contribution in [0.4, 0.5) is 0 Å². The molecule has 0 saturated heterocycles. The van der Waals surface area contributed by atoms with Gasteiger partial charge < -0.3 is 28.4 Å². The molecule has 0 spiro atoms. The third-order valence-corrected chi connectivity index (χ3v) is 5.92. The van der Waals surface area contributed by atoms with Crippen molar-refractivity contribution in [1.29, 1.82) is 0 Å². The first-order valence-corrected chi connectivity index (χ1v) is 11.2. The van der Waals surface area contributed by atoms with Gasteiger partial charge in [0, 0.05) is 6.42 Å². The van der Waals surface area contributed by atoms with Gasteiger partial charge in [-0.25, -0.2) is 28.8 Å². The highest BCUT2D eigenvalue weighted by molar-refractivity contribution is 6.15. The molecular weight excluding hydrogens is 504 g/mol. The van der Waals surface area contributed by atoms with Crippen LogP contribution in [0.1, 0.15) is 66.3 Å². The molecule has 12 heteroatoms. The van der Waals surface area contributed by atoms with E-state index in [9.17, 15) is 28.8 Å². The summed E-state index contributed by atoms with van der Waals surface area (Å²) in [5.74, 6) is -5.40. The second-order valence-corrected chi connectivity index (χ2v) is 7.86. The van der Waals surface area contributed by atoms with Crippen LogP contribution in [0.5, 0.6) is 0 Å². The third kappa shape index (κ3) is 6.07. The highest BCUT2D eigenvalue weighted by Gasteiger charge is 2.34. The van der Waals surface area contributed by atoms with Crippen LogP contribution >= 0.6 is 0 Å². The minimum atomic E-state index is -1.08. The first-order valence-electron chi connectivity index (χ1n) is 11.2. The van der Waals surface area contributed by atoms with E-state index in [1.165, 1.54) is 20.3 Å². The molecular formula is C26H28O12. The maximum atomic E-state index is 12.8. The Kier molecular flexibility index (Phi) is 10.3. The number of aryl methyl sites for hydroxylation is 1. The van der Waals surface area contributed by atoms with E-state index in [4.69, 9.17) is 28.4 Å². The lowest BCUT2D eigenvalue weighted by molar-refractivity contribution is -0.139. The van der Waals surface area contributed by atoms with E-state index >= 15 is 0 Å². The fraction of sp³-hybridized carbons (Fsp3) is 0.385. The van der Waals surface area contributed by atoms with Gasteiger partial charge in [-0.05, 0) is 30.9 Å². The summed E-state index contributed by atoms with van der Waals surface area (Å²) in [6.07, 6.45) is 2.21. The first kappa shape index (κ1) is 29.7. The summed E-state index contributed by atoms with van der Waals surface area (Å²) in [7, 11) is 6.65. The quantitative estimate of drug-likeness (QED) is 0.259. The van der Waals surface area contributed by atoms with Gasteiger partial charge >= 0.3 is 35.8 Å². The van der Waals surface area contributed by atoms with E-state index in [2.05, 4.69) is 0 Å². The van der Waals surface area contributed by atoms with Crippen LogP contribution in [0, 0.1) is 0 Å². The molecule has 0 unspecified atom stereocenters. The van der Waals surface area contributed by atoms with Gasteiger partial charge in [0.05, 0.1) is 76.1 Å². The number of benzene rings is 1. The monoisotopic (exact) mass is 532 g/mol. The Labute approximate surface area is 218 Å². The molecule has 204 valence electrons. The van der Waals surface area contributed by atoms with E-state index in [-0.39, 0.29) is 53.5 Å². The van der Waals surface area contributed by atoms with Gasteiger partial charge in [0.15, 0.2) is 0 Å². The summed E-state index contributed by atoms with van der Waals surface area (Å²) in [6, 6.07) is 1.25. The van der Waals surface area contributed by atoms with Gasteiger partial charge in [-0.3, -0.25) is 0 Å². The van der Waals surface area contributed by atoms with E-state index in [1.54, 1.807) is 6.08 Å². The molecule has 0 fully saturated rings. The average Bonchev–Trinajstić information content (AvgIpc) is 2.96. The number of carbonyl (C=O) groups is 6. The highest BCUT2D eigenvalue weighted by atomic mass is 16.5. The molecule has 0 aliphatic heterocycles. The zero-order valence-electron chi connectivity index (χ0n) is 21.9. The topological polar surface area (TPSA) is 158 Å². The molecule has 2 rings (SSSR count). The average molecular weight is 532 g/mol. The van der Waals surface area contributed by atoms with Crippen molar-refractivity contribution in [2.75, 3.05) is 42.7 Å². The Morgan fingerprint density at radius 1 is 0.579 bits per heavy atom. The number of allylic oxidation sites excluding steroid dienone is 2. The fourth-order valence-corrected chi connectivity index (χ4v) is 4.07. The third-order valence-electron chi connectivity index (χ3n) is 5.92. The van der Waals surface area contributed by atoms with Crippen molar-refractivity contribution in [2.24, 2.45) is 0 Å². The standard InChI is InChI=1S/C26H28O12/c1-33-21(27)15-10-8-13(11-16(15)22(28)34-2)7-9-14-12-17(23(29)35-3)19(25(31)37-5)20(26(32)38-6)18(14)24(30)36-4/h8,12H,7,9-11H2,1-6H3.